The Bertz CT molecular complexity index is 492. The highest BCUT2D eigenvalue weighted by Crippen LogP contribution is 2.24. The summed E-state index contributed by atoms with van der Waals surface area (Å²) in [5, 5.41) is 3.17. The largest absolute Gasteiger partial charge is 0.440 e. The molecule has 0 N–H and O–H groups in total. The number of hydrogen-bond acceptors (Lipinski definition) is 3. The van der Waals surface area contributed by atoms with E-state index in [1.165, 1.54) is 0 Å². The van der Waals surface area contributed by atoms with Crippen LogP contribution in [-0.4, -0.2) is 29.8 Å². The Morgan fingerprint density at radius 2 is 2.07 bits per heavy atom. The minimum atomic E-state index is -4.73. The molecule has 0 amide bonds. The maximum Gasteiger partial charge on any atom is 0.440 e. The second-order valence-electron chi connectivity index (χ2n) is 2.80. The summed E-state index contributed by atoms with van der Waals surface area (Å²) in [4.78, 5) is 11.3. The van der Waals surface area contributed by atoms with Gasteiger partial charge in [-0.3, -0.25) is 9.36 Å². The molecule has 0 saturated carbocycles. The van der Waals surface area contributed by atoms with Gasteiger partial charge in [-0.25, -0.2) is 0 Å². The van der Waals surface area contributed by atoms with E-state index in [2.05, 4.69) is 5.10 Å². The molecule has 0 aliphatic carbocycles. The van der Waals surface area contributed by atoms with Gasteiger partial charge in [0.05, 0.1) is 0 Å². The predicted octanol–water partition coefficient (Wildman–Crippen LogP) is 0.209. The Labute approximate surface area is 96.0 Å². The maximum absolute atomic E-state index is 12.4. The van der Waals surface area contributed by atoms with Gasteiger partial charge in [0.2, 0.25) is 5.69 Å². The van der Waals surface area contributed by atoms with Gasteiger partial charge in [-0.2, -0.15) is 18.3 Å². The first kappa shape index (κ1) is 12.4. The highest BCUT2D eigenvalue weighted by molar-refractivity contribution is 7.71. The third kappa shape index (κ3) is 2.30. The zero-order chi connectivity index (χ0) is 11.8. The van der Waals surface area contributed by atoms with Crippen LogP contribution < -0.4 is 5.56 Å². The van der Waals surface area contributed by atoms with Crippen LogP contribution in [0.5, 0.6) is 0 Å². The average molecular weight is 253 g/mol. The van der Waals surface area contributed by atoms with Crippen LogP contribution in [0.2, 0.25) is 0 Å². The lowest BCUT2D eigenvalue weighted by Crippen LogP contribution is -2.34. The molecular formula is C6H7AlF3N3OS. The lowest BCUT2D eigenvalue weighted by Gasteiger charge is -2.11. The smallest absolute Gasteiger partial charge is 0.346 e. The first-order chi connectivity index (χ1) is 6.79. The van der Waals surface area contributed by atoms with E-state index in [9.17, 15) is 18.0 Å². The SMILES string of the molecule is CCn1c(=O)c(C(F)(F)F)n[n]([AlH2])c1=S. The summed E-state index contributed by atoms with van der Waals surface area (Å²) in [6.07, 6.45) is -4.73. The molecule has 1 aromatic rings. The molecule has 0 aliphatic rings. The van der Waals surface area contributed by atoms with Crippen LogP contribution in [-0.2, 0) is 12.7 Å². The highest BCUT2D eigenvalue weighted by atomic mass is 32.1. The van der Waals surface area contributed by atoms with Gasteiger partial charge in [0, 0.05) is 6.54 Å². The maximum atomic E-state index is 12.4. The first-order valence-electron chi connectivity index (χ1n) is 4.04. The summed E-state index contributed by atoms with van der Waals surface area (Å²) in [6, 6.07) is 0. The molecule has 4 nitrogen and oxygen atoms in total. The molecule has 1 aromatic heterocycles. The van der Waals surface area contributed by atoms with Crippen molar-refractivity contribution in [1.82, 2.24) is 13.3 Å². The first-order valence-corrected chi connectivity index (χ1v) is 5.34. The molecule has 1 rings (SSSR count). The number of hydrogen-bond donors (Lipinski definition) is 0. The number of halogens is 3. The number of rotatable bonds is 1. The van der Waals surface area contributed by atoms with Gasteiger partial charge in [-0.05, 0) is 19.1 Å². The van der Waals surface area contributed by atoms with E-state index in [4.69, 9.17) is 12.2 Å². The van der Waals surface area contributed by atoms with Gasteiger partial charge >= 0.3 is 22.7 Å². The zero-order valence-corrected chi connectivity index (χ0v) is 10.8. The van der Waals surface area contributed by atoms with Crippen LogP contribution in [0.15, 0.2) is 4.79 Å². The zero-order valence-electron chi connectivity index (χ0n) is 8.00. The van der Waals surface area contributed by atoms with Gasteiger partial charge < -0.3 is 3.67 Å². The highest BCUT2D eigenvalue weighted by Gasteiger charge is 2.37. The average Bonchev–Trinajstić information content (AvgIpc) is 2.10. The van der Waals surface area contributed by atoms with Gasteiger partial charge in [0.25, 0.3) is 5.56 Å². The van der Waals surface area contributed by atoms with Crippen molar-refractivity contribution in [2.75, 3.05) is 0 Å². The van der Waals surface area contributed by atoms with Crippen LogP contribution >= 0.6 is 12.2 Å². The van der Waals surface area contributed by atoms with Gasteiger partial charge in [0.15, 0.2) is 4.77 Å². The second kappa shape index (κ2) is 4.08. The minimum Gasteiger partial charge on any atom is -0.346 e. The predicted molar refractivity (Wildman–Crippen MR) is 51.9 cm³/mol. The molecule has 15 heavy (non-hydrogen) atoms. The van der Waals surface area contributed by atoms with E-state index in [0.29, 0.717) is 0 Å². The molecule has 0 unspecified atom stereocenters. The second-order valence-corrected chi connectivity index (χ2v) is 4.01. The molecule has 0 spiro atoms. The topological polar surface area (TPSA) is 39.8 Å². The van der Waals surface area contributed by atoms with Crippen molar-refractivity contribution in [2.24, 2.45) is 0 Å². The van der Waals surface area contributed by atoms with Crippen molar-refractivity contribution < 1.29 is 13.2 Å². The Kier molecular flexibility index (Phi) is 3.38. The van der Waals surface area contributed by atoms with Gasteiger partial charge in [-0.15, -0.1) is 0 Å². The van der Waals surface area contributed by atoms with Crippen LogP contribution in [0.1, 0.15) is 12.6 Å². The van der Waals surface area contributed by atoms with Crippen LogP contribution in [0.25, 0.3) is 0 Å². The summed E-state index contributed by atoms with van der Waals surface area (Å²) in [7, 11) is 0. The van der Waals surface area contributed by atoms with Crippen LogP contribution in [0.3, 0.4) is 0 Å². The fourth-order valence-corrected chi connectivity index (χ4v) is 1.78. The Morgan fingerprint density at radius 1 is 1.53 bits per heavy atom. The number of nitrogens with zero attached hydrogens (tertiary/aromatic N) is 3. The fraction of sp³-hybridized carbons (Fsp3) is 0.500. The molecule has 0 bridgehead atoms. The van der Waals surface area contributed by atoms with E-state index in [-0.39, 0.29) is 27.8 Å². The van der Waals surface area contributed by atoms with Crippen LogP contribution in [0.4, 0.5) is 13.2 Å². The number of alkyl halides is 3. The third-order valence-electron chi connectivity index (χ3n) is 1.79. The molecular weight excluding hydrogens is 246 g/mol. The van der Waals surface area contributed by atoms with E-state index < -0.39 is 17.4 Å². The van der Waals surface area contributed by atoms with Gasteiger partial charge in [-0.1, -0.05) is 0 Å². The summed E-state index contributed by atoms with van der Waals surface area (Å²) in [6.45, 7) is 1.66. The molecule has 9 heteroatoms. The Hall–Kier alpha value is -0.648. The fourth-order valence-electron chi connectivity index (χ4n) is 1.08. The molecule has 0 saturated heterocycles. The lowest BCUT2D eigenvalue weighted by atomic mass is 10.4. The molecule has 0 fully saturated rings. The van der Waals surface area contributed by atoms with Crippen molar-refractivity contribution in [3.05, 3.63) is 20.8 Å². The normalized spacial score (nSPS) is 11.7. The summed E-state index contributed by atoms with van der Waals surface area (Å²) < 4.78 is 39.0. The Balaban J connectivity index is 3.67. The van der Waals surface area contributed by atoms with E-state index in [1.54, 1.807) is 6.92 Å². The van der Waals surface area contributed by atoms with E-state index >= 15 is 0 Å². The summed E-state index contributed by atoms with van der Waals surface area (Å²) >= 11 is 4.99. The molecule has 1 heterocycles. The quantitative estimate of drug-likeness (QED) is 0.530. The monoisotopic (exact) mass is 253 g/mol. The standard InChI is InChI=1S/C6H6F3N3OS.Al.2H/c1-2-12-4(13)3(6(7,8)9)10-11-5(12)14;;;/h2H2,1H3,(H,11,13,14);;;/q;+1;;/p-1. The Morgan fingerprint density at radius 3 is 2.47 bits per heavy atom. The number of aromatic nitrogens is 3. The van der Waals surface area contributed by atoms with Crippen LogP contribution in [0, 0.1) is 4.77 Å². The van der Waals surface area contributed by atoms with Crippen molar-refractivity contribution in [3.63, 3.8) is 0 Å². The lowest BCUT2D eigenvalue weighted by molar-refractivity contribution is -0.143. The molecule has 0 radical (unpaired) electrons. The molecule has 82 valence electrons. The van der Waals surface area contributed by atoms with Crippen molar-refractivity contribution in [3.8, 4) is 0 Å². The summed E-state index contributed by atoms with van der Waals surface area (Å²) in [5.74, 6) is 0. The van der Waals surface area contributed by atoms with Crippen molar-refractivity contribution in [2.45, 2.75) is 19.6 Å². The third-order valence-corrected chi connectivity index (χ3v) is 3.22. The van der Waals surface area contributed by atoms with E-state index in [1.807, 2.05) is 0 Å². The van der Waals surface area contributed by atoms with Gasteiger partial charge in [0.1, 0.15) is 0 Å². The molecule has 0 aromatic carbocycles. The summed E-state index contributed by atoms with van der Waals surface area (Å²) in [5.41, 5.74) is -2.59. The molecule has 0 atom stereocenters. The molecule has 0 aliphatic heterocycles. The minimum absolute atomic E-state index is 0.0298. The van der Waals surface area contributed by atoms with E-state index in [0.717, 1.165) is 8.23 Å². The van der Waals surface area contributed by atoms with Crippen molar-refractivity contribution >= 4 is 28.7 Å². The van der Waals surface area contributed by atoms with Crippen molar-refractivity contribution in [1.29, 1.82) is 0 Å².